The first-order valence-corrected chi connectivity index (χ1v) is 8.68. The van der Waals surface area contributed by atoms with Crippen LogP contribution in [0.4, 0.5) is 5.13 Å². The third kappa shape index (κ3) is 2.92. The Balaban J connectivity index is 1.56. The van der Waals surface area contributed by atoms with Gasteiger partial charge in [-0.05, 0) is 31.0 Å². The molecule has 0 aliphatic carbocycles. The summed E-state index contributed by atoms with van der Waals surface area (Å²) in [5, 5.41) is 7.53. The summed E-state index contributed by atoms with van der Waals surface area (Å²) in [5.41, 5.74) is 3.16. The van der Waals surface area contributed by atoms with Gasteiger partial charge in [0.25, 0.3) is 0 Å². The number of methoxy groups -OCH3 is 1. The van der Waals surface area contributed by atoms with E-state index in [1.807, 2.05) is 24.4 Å². The molecular weight excluding hydrogens is 310 g/mol. The molecule has 2 aromatic heterocycles. The van der Waals surface area contributed by atoms with Gasteiger partial charge in [0.2, 0.25) is 0 Å². The molecule has 1 unspecified atom stereocenters. The zero-order valence-electron chi connectivity index (χ0n) is 13.0. The molecule has 5 nitrogen and oxygen atoms in total. The van der Waals surface area contributed by atoms with Gasteiger partial charge in [0.1, 0.15) is 5.75 Å². The fourth-order valence-electron chi connectivity index (χ4n) is 2.92. The van der Waals surface area contributed by atoms with Crippen LogP contribution in [0.5, 0.6) is 5.75 Å². The van der Waals surface area contributed by atoms with Crippen LogP contribution in [0.2, 0.25) is 0 Å². The maximum atomic E-state index is 5.63. The van der Waals surface area contributed by atoms with Crippen LogP contribution in [-0.2, 0) is 4.74 Å². The molecule has 0 saturated carbocycles. The third-order valence-electron chi connectivity index (χ3n) is 4.17. The van der Waals surface area contributed by atoms with Crippen molar-refractivity contribution in [1.29, 1.82) is 0 Å². The van der Waals surface area contributed by atoms with Crippen molar-refractivity contribution in [2.24, 2.45) is 0 Å². The van der Waals surface area contributed by atoms with E-state index < -0.39 is 0 Å². The number of anilines is 1. The summed E-state index contributed by atoms with van der Waals surface area (Å²) >= 11 is 1.63. The Labute approximate surface area is 138 Å². The highest BCUT2D eigenvalue weighted by Gasteiger charge is 2.16. The van der Waals surface area contributed by atoms with Gasteiger partial charge in [-0.1, -0.05) is 0 Å². The monoisotopic (exact) mass is 329 g/mol. The van der Waals surface area contributed by atoms with Crippen LogP contribution in [0.1, 0.15) is 12.8 Å². The number of H-pyrrole nitrogens is 1. The lowest BCUT2D eigenvalue weighted by Crippen LogP contribution is -2.18. The Bertz CT molecular complexity index is 805. The molecule has 0 radical (unpaired) electrons. The summed E-state index contributed by atoms with van der Waals surface area (Å²) in [6.07, 6.45) is 4.61. The van der Waals surface area contributed by atoms with Gasteiger partial charge in [-0.25, -0.2) is 4.98 Å². The number of hydrogen-bond donors (Lipinski definition) is 2. The molecule has 23 heavy (non-hydrogen) atoms. The molecule has 1 saturated heterocycles. The topological polar surface area (TPSA) is 59.2 Å². The quantitative estimate of drug-likeness (QED) is 0.745. The van der Waals surface area contributed by atoms with E-state index >= 15 is 0 Å². The number of hydrogen-bond acceptors (Lipinski definition) is 5. The Hall–Kier alpha value is -2.05. The maximum Gasteiger partial charge on any atom is 0.183 e. The van der Waals surface area contributed by atoms with Gasteiger partial charge in [0, 0.05) is 41.2 Å². The zero-order chi connectivity index (χ0) is 15.6. The molecule has 2 N–H and O–H groups in total. The lowest BCUT2D eigenvalue weighted by molar-refractivity contribution is 0.120. The number of ether oxygens (including phenoxy) is 2. The first kappa shape index (κ1) is 14.5. The fraction of sp³-hybridized carbons (Fsp3) is 0.353. The average Bonchev–Trinajstić information content (AvgIpc) is 3.31. The second kappa shape index (κ2) is 6.22. The van der Waals surface area contributed by atoms with E-state index in [0.717, 1.165) is 59.0 Å². The molecule has 0 amide bonds. The van der Waals surface area contributed by atoms with Crippen molar-refractivity contribution in [1.82, 2.24) is 9.97 Å². The molecule has 3 heterocycles. The van der Waals surface area contributed by atoms with E-state index in [-0.39, 0.29) is 0 Å². The molecule has 1 aliphatic rings. The number of nitrogens with zero attached hydrogens (tertiary/aromatic N) is 1. The Kier molecular flexibility index (Phi) is 3.93. The number of fused-ring (bicyclic) bond motifs is 1. The summed E-state index contributed by atoms with van der Waals surface area (Å²) in [7, 11) is 1.68. The van der Waals surface area contributed by atoms with Gasteiger partial charge in [0.05, 0.1) is 18.9 Å². The van der Waals surface area contributed by atoms with Crippen molar-refractivity contribution in [2.45, 2.75) is 18.9 Å². The highest BCUT2D eigenvalue weighted by molar-refractivity contribution is 7.14. The second-order valence-electron chi connectivity index (χ2n) is 5.67. The Morgan fingerprint density at radius 2 is 2.43 bits per heavy atom. The minimum atomic E-state index is 0.319. The highest BCUT2D eigenvalue weighted by atomic mass is 32.1. The molecule has 0 bridgehead atoms. The summed E-state index contributed by atoms with van der Waals surface area (Å²) in [5.74, 6) is 0.852. The molecule has 6 heteroatoms. The number of thiazole rings is 1. The summed E-state index contributed by atoms with van der Waals surface area (Å²) in [6, 6.07) is 6.03. The molecule has 3 aromatic rings. The summed E-state index contributed by atoms with van der Waals surface area (Å²) in [6.45, 7) is 1.71. The third-order valence-corrected chi connectivity index (χ3v) is 4.97. The Morgan fingerprint density at radius 1 is 1.48 bits per heavy atom. The number of aromatic nitrogens is 2. The van der Waals surface area contributed by atoms with E-state index in [9.17, 15) is 0 Å². The van der Waals surface area contributed by atoms with Crippen LogP contribution in [0.3, 0.4) is 0 Å². The standard InChI is InChI=1S/C17H19N3O2S/c1-21-11-4-5-15-13(7-11)14(9-18-15)16-10-23-17(20-16)19-8-12-3-2-6-22-12/h4-5,7,9-10,12,18H,2-3,6,8H2,1H3,(H,19,20). The van der Waals surface area contributed by atoms with Crippen molar-refractivity contribution in [3.8, 4) is 17.0 Å². The average molecular weight is 329 g/mol. The van der Waals surface area contributed by atoms with Crippen LogP contribution in [0.15, 0.2) is 29.8 Å². The first-order chi connectivity index (χ1) is 11.3. The van der Waals surface area contributed by atoms with Gasteiger partial charge in [0.15, 0.2) is 5.13 Å². The first-order valence-electron chi connectivity index (χ1n) is 7.80. The SMILES string of the molecule is COc1ccc2[nH]cc(-c3csc(NCC4CCCO4)n3)c2c1. The van der Waals surface area contributed by atoms with E-state index in [4.69, 9.17) is 14.5 Å². The highest BCUT2D eigenvalue weighted by Crippen LogP contribution is 2.33. The van der Waals surface area contributed by atoms with Gasteiger partial charge >= 0.3 is 0 Å². The Morgan fingerprint density at radius 3 is 3.26 bits per heavy atom. The lowest BCUT2D eigenvalue weighted by atomic mass is 10.1. The summed E-state index contributed by atoms with van der Waals surface area (Å²) in [4.78, 5) is 8.00. The molecule has 4 rings (SSSR count). The van der Waals surface area contributed by atoms with Crippen molar-refractivity contribution in [3.63, 3.8) is 0 Å². The summed E-state index contributed by atoms with van der Waals surface area (Å²) < 4.78 is 11.0. The molecule has 120 valence electrons. The number of rotatable bonds is 5. The molecule has 1 aromatic carbocycles. The van der Waals surface area contributed by atoms with Gasteiger partial charge < -0.3 is 19.8 Å². The predicted octanol–water partition coefficient (Wildman–Crippen LogP) is 3.89. The van der Waals surface area contributed by atoms with Crippen molar-refractivity contribution < 1.29 is 9.47 Å². The number of aromatic amines is 1. The molecule has 0 spiro atoms. The molecule has 1 fully saturated rings. The maximum absolute atomic E-state index is 5.63. The van der Waals surface area contributed by atoms with E-state index in [0.29, 0.717) is 6.10 Å². The van der Waals surface area contributed by atoms with Crippen molar-refractivity contribution >= 4 is 27.4 Å². The van der Waals surface area contributed by atoms with Crippen LogP contribution in [0.25, 0.3) is 22.2 Å². The number of nitrogens with one attached hydrogen (secondary N) is 2. The largest absolute Gasteiger partial charge is 0.497 e. The van der Waals surface area contributed by atoms with E-state index in [2.05, 4.69) is 15.7 Å². The number of benzene rings is 1. The van der Waals surface area contributed by atoms with Crippen LogP contribution < -0.4 is 10.1 Å². The van der Waals surface area contributed by atoms with Gasteiger partial charge in [-0.2, -0.15) is 0 Å². The van der Waals surface area contributed by atoms with Gasteiger partial charge in [-0.3, -0.25) is 0 Å². The fourth-order valence-corrected chi connectivity index (χ4v) is 3.64. The minimum Gasteiger partial charge on any atom is -0.497 e. The zero-order valence-corrected chi connectivity index (χ0v) is 13.8. The van der Waals surface area contributed by atoms with E-state index in [1.54, 1.807) is 18.4 Å². The van der Waals surface area contributed by atoms with Crippen molar-refractivity contribution in [2.75, 3.05) is 25.6 Å². The van der Waals surface area contributed by atoms with Crippen LogP contribution in [-0.4, -0.2) is 36.3 Å². The lowest BCUT2D eigenvalue weighted by Gasteiger charge is -2.09. The molecular formula is C17H19N3O2S. The normalized spacial score (nSPS) is 17.7. The molecule has 1 atom stereocenters. The molecule has 1 aliphatic heterocycles. The van der Waals surface area contributed by atoms with Gasteiger partial charge in [-0.15, -0.1) is 11.3 Å². The second-order valence-corrected chi connectivity index (χ2v) is 6.53. The van der Waals surface area contributed by atoms with Crippen molar-refractivity contribution in [3.05, 3.63) is 29.8 Å². The minimum absolute atomic E-state index is 0.319. The smallest absolute Gasteiger partial charge is 0.183 e. The predicted molar refractivity (Wildman–Crippen MR) is 93.4 cm³/mol. The van der Waals surface area contributed by atoms with Crippen LogP contribution >= 0.6 is 11.3 Å². The van der Waals surface area contributed by atoms with E-state index in [1.165, 1.54) is 0 Å². The van der Waals surface area contributed by atoms with Crippen LogP contribution in [0, 0.1) is 0 Å².